The number of phenolic OH excluding ortho intramolecular Hbond substituents is 1. The lowest BCUT2D eigenvalue weighted by Gasteiger charge is -2.55. The number of hydrogen-bond donors (Lipinski definition) is 2. The summed E-state index contributed by atoms with van der Waals surface area (Å²) in [5.41, 5.74) is 2.27. The molecule has 3 rings (SSSR count). The molecule has 0 spiro atoms. The standard InChI is InChI=1S/C18H24O3/c1-11-8-12(2)18(9-19)10-21-17(16(11)13(18)3)14-4-6-15(20)7-5-14/h4-8,12-13,16-17,19-20H,9-10H2,1-3H3/t12-,13-,16+,17-,18-/m1/s1. The van der Waals surface area contributed by atoms with Crippen LogP contribution in [0, 0.1) is 23.2 Å². The number of rotatable bonds is 2. The summed E-state index contributed by atoms with van der Waals surface area (Å²) in [7, 11) is 0. The summed E-state index contributed by atoms with van der Waals surface area (Å²) in [5.74, 6) is 1.26. The van der Waals surface area contributed by atoms with Crippen molar-refractivity contribution < 1.29 is 14.9 Å². The van der Waals surface area contributed by atoms with E-state index in [1.165, 1.54) is 5.57 Å². The van der Waals surface area contributed by atoms with Gasteiger partial charge in [-0.2, -0.15) is 0 Å². The summed E-state index contributed by atoms with van der Waals surface area (Å²) >= 11 is 0. The van der Waals surface area contributed by atoms with Gasteiger partial charge in [-0.05, 0) is 36.5 Å². The number of allylic oxidation sites excluding steroid dienone is 1. The van der Waals surface area contributed by atoms with Gasteiger partial charge >= 0.3 is 0 Å². The first-order valence-electron chi connectivity index (χ1n) is 7.69. The van der Waals surface area contributed by atoms with Gasteiger partial charge in [0.15, 0.2) is 0 Å². The lowest BCUT2D eigenvalue weighted by Crippen LogP contribution is -2.53. The van der Waals surface area contributed by atoms with Gasteiger partial charge < -0.3 is 14.9 Å². The fourth-order valence-electron chi connectivity index (χ4n) is 4.25. The lowest BCUT2D eigenvalue weighted by atomic mass is 9.56. The summed E-state index contributed by atoms with van der Waals surface area (Å²) in [6.45, 7) is 7.33. The largest absolute Gasteiger partial charge is 0.508 e. The van der Waals surface area contributed by atoms with E-state index in [0.717, 1.165) is 5.56 Å². The number of fused-ring (bicyclic) bond motifs is 2. The van der Waals surface area contributed by atoms with Gasteiger partial charge in [0.2, 0.25) is 0 Å². The van der Waals surface area contributed by atoms with Gasteiger partial charge in [-0.15, -0.1) is 0 Å². The van der Waals surface area contributed by atoms with Gasteiger partial charge in [0.25, 0.3) is 0 Å². The first kappa shape index (κ1) is 14.6. The van der Waals surface area contributed by atoms with E-state index in [1.807, 2.05) is 12.1 Å². The van der Waals surface area contributed by atoms with Crippen molar-refractivity contribution in [2.24, 2.45) is 23.2 Å². The topological polar surface area (TPSA) is 49.7 Å². The average molecular weight is 288 g/mol. The zero-order valence-electron chi connectivity index (χ0n) is 12.9. The Bertz CT molecular complexity index is 548. The van der Waals surface area contributed by atoms with Crippen molar-refractivity contribution >= 4 is 0 Å². The molecule has 0 saturated carbocycles. The minimum Gasteiger partial charge on any atom is -0.508 e. The lowest BCUT2D eigenvalue weighted by molar-refractivity contribution is -0.165. The van der Waals surface area contributed by atoms with E-state index in [2.05, 4.69) is 26.8 Å². The van der Waals surface area contributed by atoms with Crippen LogP contribution < -0.4 is 0 Å². The minimum atomic E-state index is -0.169. The predicted octanol–water partition coefficient (Wildman–Crippen LogP) is 3.29. The summed E-state index contributed by atoms with van der Waals surface area (Å²) in [4.78, 5) is 0. The highest BCUT2D eigenvalue weighted by Crippen LogP contribution is 2.55. The van der Waals surface area contributed by atoms with E-state index in [9.17, 15) is 10.2 Å². The average Bonchev–Trinajstić information content (AvgIpc) is 2.46. The maximum atomic E-state index is 9.97. The number of hydrogen-bond acceptors (Lipinski definition) is 3. The molecular formula is C18H24O3. The van der Waals surface area contributed by atoms with Gasteiger partial charge in [0.1, 0.15) is 5.75 Å². The van der Waals surface area contributed by atoms with E-state index in [0.29, 0.717) is 18.4 Å². The molecule has 5 atom stereocenters. The molecule has 0 unspecified atom stereocenters. The van der Waals surface area contributed by atoms with Gasteiger partial charge in [0.05, 0.1) is 19.3 Å². The Kier molecular flexibility index (Phi) is 3.58. The second kappa shape index (κ2) is 5.15. The van der Waals surface area contributed by atoms with Crippen molar-refractivity contribution in [1.82, 2.24) is 0 Å². The molecular weight excluding hydrogens is 264 g/mol. The highest BCUT2D eigenvalue weighted by atomic mass is 16.5. The number of ether oxygens (including phenoxy) is 1. The fourth-order valence-corrected chi connectivity index (χ4v) is 4.25. The molecule has 3 heteroatoms. The zero-order valence-corrected chi connectivity index (χ0v) is 12.9. The Balaban J connectivity index is 2.01. The van der Waals surface area contributed by atoms with Crippen LogP contribution in [0.1, 0.15) is 32.4 Å². The minimum absolute atomic E-state index is 0.00373. The van der Waals surface area contributed by atoms with Gasteiger partial charge in [-0.25, -0.2) is 0 Å². The number of aliphatic hydroxyl groups excluding tert-OH is 1. The van der Waals surface area contributed by atoms with Gasteiger partial charge in [-0.1, -0.05) is 37.6 Å². The van der Waals surface area contributed by atoms with Crippen LogP contribution in [0.4, 0.5) is 0 Å². The molecule has 3 nitrogen and oxygen atoms in total. The fraction of sp³-hybridized carbons (Fsp3) is 0.556. The van der Waals surface area contributed by atoms with E-state index in [1.54, 1.807) is 12.1 Å². The zero-order chi connectivity index (χ0) is 15.2. The van der Waals surface area contributed by atoms with Crippen LogP contribution in [0.25, 0.3) is 0 Å². The van der Waals surface area contributed by atoms with Crippen LogP contribution in [0.15, 0.2) is 35.9 Å². The second-order valence-corrected chi connectivity index (χ2v) is 6.73. The Hall–Kier alpha value is -1.32. The predicted molar refractivity (Wildman–Crippen MR) is 81.9 cm³/mol. The van der Waals surface area contributed by atoms with Crippen LogP contribution >= 0.6 is 0 Å². The maximum absolute atomic E-state index is 9.97. The molecule has 114 valence electrons. The van der Waals surface area contributed by atoms with Crippen molar-refractivity contribution in [1.29, 1.82) is 0 Å². The summed E-state index contributed by atoms with van der Waals surface area (Å²) in [6.07, 6.45) is 2.31. The van der Waals surface area contributed by atoms with E-state index in [4.69, 9.17) is 4.74 Å². The molecule has 1 aromatic rings. The molecule has 1 fully saturated rings. The summed E-state index contributed by atoms with van der Waals surface area (Å²) < 4.78 is 6.19. The van der Waals surface area contributed by atoms with Crippen molar-refractivity contribution in [3.05, 3.63) is 41.5 Å². The van der Waals surface area contributed by atoms with Crippen LogP contribution in [-0.4, -0.2) is 23.4 Å². The molecule has 1 heterocycles. The quantitative estimate of drug-likeness (QED) is 0.821. The highest BCUT2D eigenvalue weighted by Gasteiger charge is 2.53. The Morgan fingerprint density at radius 3 is 2.52 bits per heavy atom. The molecule has 1 saturated heterocycles. The molecule has 2 bridgehead atoms. The number of aliphatic hydroxyl groups is 1. The molecule has 0 radical (unpaired) electrons. The van der Waals surface area contributed by atoms with Crippen LogP contribution in [0.3, 0.4) is 0 Å². The van der Waals surface area contributed by atoms with Crippen LogP contribution in [-0.2, 0) is 4.74 Å². The van der Waals surface area contributed by atoms with Crippen molar-refractivity contribution in [2.45, 2.75) is 26.9 Å². The Morgan fingerprint density at radius 2 is 1.90 bits per heavy atom. The molecule has 1 aliphatic carbocycles. The number of phenols is 1. The normalized spacial score (nSPS) is 39.0. The van der Waals surface area contributed by atoms with Crippen molar-refractivity contribution in [3.8, 4) is 5.75 Å². The first-order chi connectivity index (χ1) is 9.99. The third-order valence-corrected chi connectivity index (χ3v) is 5.76. The molecule has 1 aromatic carbocycles. The second-order valence-electron chi connectivity index (χ2n) is 6.73. The molecule has 2 N–H and O–H groups in total. The SMILES string of the molecule is CC1=C[C@@H](C)[C@@]2(CO)CO[C@H](c3ccc(O)cc3)[C@@H]1[C@H]2C. The number of benzene rings is 1. The summed E-state index contributed by atoms with van der Waals surface area (Å²) in [5, 5.41) is 19.4. The number of aromatic hydroxyl groups is 1. The van der Waals surface area contributed by atoms with E-state index >= 15 is 0 Å². The van der Waals surface area contributed by atoms with Crippen molar-refractivity contribution in [3.63, 3.8) is 0 Å². The molecule has 2 aliphatic rings. The van der Waals surface area contributed by atoms with Crippen molar-refractivity contribution in [2.75, 3.05) is 13.2 Å². The molecule has 0 aromatic heterocycles. The molecule has 1 aliphatic heterocycles. The molecule has 0 amide bonds. The van der Waals surface area contributed by atoms with Gasteiger partial charge in [0, 0.05) is 11.3 Å². The monoisotopic (exact) mass is 288 g/mol. The third-order valence-electron chi connectivity index (χ3n) is 5.76. The van der Waals surface area contributed by atoms with E-state index < -0.39 is 0 Å². The van der Waals surface area contributed by atoms with Gasteiger partial charge in [-0.3, -0.25) is 0 Å². The Labute approximate surface area is 126 Å². The third kappa shape index (κ3) is 2.11. The van der Waals surface area contributed by atoms with E-state index in [-0.39, 0.29) is 29.8 Å². The van der Waals surface area contributed by atoms with Crippen LogP contribution in [0.5, 0.6) is 5.75 Å². The summed E-state index contributed by atoms with van der Waals surface area (Å²) in [6, 6.07) is 7.29. The Morgan fingerprint density at radius 1 is 1.24 bits per heavy atom. The van der Waals surface area contributed by atoms with Crippen LogP contribution in [0.2, 0.25) is 0 Å². The molecule has 21 heavy (non-hydrogen) atoms. The smallest absolute Gasteiger partial charge is 0.115 e. The first-order valence-corrected chi connectivity index (χ1v) is 7.69. The maximum Gasteiger partial charge on any atom is 0.115 e. The highest BCUT2D eigenvalue weighted by molar-refractivity contribution is 5.31.